The highest BCUT2D eigenvalue weighted by Gasteiger charge is 2.09. The van der Waals surface area contributed by atoms with Crippen molar-refractivity contribution in [2.45, 2.75) is 26.8 Å². The summed E-state index contributed by atoms with van der Waals surface area (Å²) in [6.45, 7) is 5.49. The van der Waals surface area contributed by atoms with Crippen LogP contribution in [0.25, 0.3) is 11.3 Å². The third-order valence-electron chi connectivity index (χ3n) is 4.99. The average molecular weight is 402 g/mol. The van der Waals surface area contributed by atoms with Gasteiger partial charge in [-0.3, -0.25) is 4.99 Å². The average Bonchev–Trinajstić information content (AvgIpc) is 3.32. The summed E-state index contributed by atoms with van der Waals surface area (Å²) in [7, 11) is 1.78. The first-order chi connectivity index (χ1) is 14.6. The molecule has 0 saturated heterocycles. The Kier molecular flexibility index (Phi) is 5.79. The van der Waals surface area contributed by atoms with Gasteiger partial charge in [0.1, 0.15) is 5.65 Å². The summed E-state index contributed by atoms with van der Waals surface area (Å²) in [5.41, 5.74) is 6.40. The third-order valence-corrected chi connectivity index (χ3v) is 4.99. The van der Waals surface area contributed by atoms with Gasteiger partial charge in [-0.2, -0.15) is 5.10 Å². The molecule has 30 heavy (non-hydrogen) atoms. The lowest BCUT2D eigenvalue weighted by atomic mass is 10.1. The fourth-order valence-corrected chi connectivity index (χ4v) is 3.56. The molecule has 3 heterocycles. The molecule has 0 amide bonds. The van der Waals surface area contributed by atoms with E-state index in [1.165, 1.54) is 0 Å². The van der Waals surface area contributed by atoms with Gasteiger partial charge < -0.3 is 15.0 Å². The van der Waals surface area contributed by atoms with Crippen LogP contribution in [0.1, 0.15) is 22.6 Å². The van der Waals surface area contributed by atoms with Crippen LogP contribution in [0, 0.1) is 13.8 Å². The van der Waals surface area contributed by atoms with Gasteiger partial charge in [-0.1, -0.05) is 24.3 Å². The zero-order chi connectivity index (χ0) is 20.9. The number of aromatic nitrogens is 4. The molecule has 4 aromatic rings. The Morgan fingerprint density at radius 1 is 1.07 bits per heavy atom. The quantitative estimate of drug-likeness (QED) is 0.385. The Labute approximate surface area is 176 Å². The Bertz CT molecular complexity index is 1140. The highest BCUT2D eigenvalue weighted by atomic mass is 15.3. The maximum Gasteiger partial charge on any atom is 0.191 e. The van der Waals surface area contributed by atoms with Crippen molar-refractivity contribution in [2.24, 2.45) is 4.99 Å². The topological polar surface area (TPSA) is 71.5 Å². The molecule has 0 aliphatic rings. The van der Waals surface area contributed by atoms with Crippen molar-refractivity contribution in [3.8, 4) is 5.69 Å². The summed E-state index contributed by atoms with van der Waals surface area (Å²) >= 11 is 0. The fourth-order valence-electron chi connectivity index (χ4n) is 3.56. The molecular formula is C23H27N7. The van der Waals surface area contributed by atoms with Gasteiger partial charge in [0, 0.05) is 44.6 Å². The number of pyridine rings is 1. The molecule has 7 nitrogen and oxygen atoms in total. The van der Waals surface area contributed by atoms with Crippen LogP contribution in [0.2, 0.25) is 0 Å². The Morgan fingerprint density at radius 2 is 1.90 bits per heavy atom. The van der Waals surface area contributed by atoms with E-state index in [1.54, 1.807) is 7.05 Å². The molecule has 0 spiro atoms. The number of hydrogen-bond donors (Lipinski definition) is 2. The molecule has 0 aliphatic carbocycles. The van der Waals surface area contributed by atoms with E-state index in [1.807, 2.05) is 52.5 Å². The van der Waals surface area contributed by atoms with Gasteiger partial charge in [0.25, 0.3) is 0 Å². The van der Waals surface area contributed by atoms with Gasteiger partial charge in [-0.05, 0) is 43.7 Å². The molecule has 0 aliphatic heterocycles. The molecule has 0 saturated carbocycles. The highest BCUT2D eigenvalue weighted by Crippen LogP contribution is 2.16. The lowest BCUT2D eigenvalue weighted by Crippen LogP contribution is -2.38. The summed E-state index contributed by atoms with van der Waals surface area (Å²) in [4.78, 5) is 8.98. The van der Waals surface area contributed by atoms with Crippen LogP contribution in [0.3, 0.4) is 0 Å². The number of guanidine groups is 1. The van der Waals surface area contributed by atoms with Crippen LogP contribution < -0.4 is 10.6 Å². The Morgan fingerprint density at radius 3 is 2.67 bits per heavy atom. The smallest absolute Gasteiger partial charge is 0.191 e. The Balaban J connectivity index is 1.36. The molecular weight excluding hydrogens is 374 g/mol. The summed E-state index contributed by atoms with van der Waals surface area (Å²) < 4.78 is 4.03. The second-order valence-corrected chi connectivity index (χ2v) is 7.27. The first-order valence-electron chi connectivity index (χ1n) is 10.1. The zero-order valence-corrected chi connectivity index (χ0v) is 17.6. The number of nitrogens with one attached hydrogen (secondary N) is 2. The molecule has 0 unspecified atom stereocenters. The van der Waals surface area contributed by atoms with Gasteiger partial charge in [0.2, 0.25) is 0 Å². The van der Waals surface area contributed by atoms with Crippen molar-refractivity contribution in [1.82, 2.24) is 29.8 Å². The predicted octanol–water partition coefficient (Wildman–Crippen LogP) is 3.04. The lowest BCUT2D eigenvalue weighted by Gasteiger charge is -2.15. The van der Waals surface area contributed by atoms with Gasteiger partial charge >= 0.3 is 0 Å². The van der Waals surface area contributed by atoms with Gasteiger partial charge in [0.05, 0.1) is 17.1 Å². The number of nitrogens with zero attached hydrogens (tertiary/aromatic N) is 5. The molecule has 0 bridgehead atoms. The van der Waals surface area contributed by atoms with Crippen LogP contribution >= 0.6 is 0 Å². The molecule has 0 fully saturated rings. The lowest BCUT2D eigenvalue weighted by molar-refractivity contribution is 0.771. The van der Waals surface area contributed by atoms with Gasteiger partial charge in [-0.25, -0.2) is 9.67 Å². The molecule has 2 N–H and O–H groups in total. The summed E-state index contributed by atoms with van der Waals surface area (Å²) in [6, 6.07) is 16.4. The van der Waals surface area contributed by atoms with E-state index in [0.29, 0.717) is 6.54 Å². The van der Waals surface area contributed by atoms with Crippen molar-refractivity contribution in [2.75, 3.05) is 13.6 Å². The van der Waals surface area contributed by atoms with Crippen molar-refractivity contribution >= 4 is 11.6 Å². The minimum absolute atomic E-state index is 0.655. The molecule has 0 atom stereocenters. The largest absolute Gasteiger partial charge is 0.356 e. The van der Waals surface area contributed by atoms with Crippen LogP contribution in [0.4, 0.5) is 0 Å². The van der Waals surface area contributed by atoms with Crippen LogP contribution in [0.5, 0.6) is 0 Å². The third kappa shape index (κ3) is 4.35. The number of aryl methyl sites for hydroxylation is 2. The van der Waals surface area contributed by atoms with E-state index >= 15 is 0 Å². The van der Waals surface area contributed by atoms with Crippen molar-refractivity contribution in [3.05, 3.63) is 83.6 Å². The van der Waals surface area contributed by atoms with E-state index in [-0.39, 0.29) is 0 Å². The number of aliphatic imine (C=N–C) groups is 1. The molecule has 1 aromatic carbocycles. The molecule has 3 aromatic heterocycles. The van der Waals surface area contributed by atoms with Gasteiger partial charge in [0.15, 0.2) is 5.96 Å². The highest BCUT2D eigenvalue weighted by molar-refractivity contribution is 5.79. The van der Waals surface area contributed by atoms with Crippen molar-refractivity contribution in [1.29, 1.82) is 0 Å². The molecule has 0 radical (unpaired) electrons. The second kappa shape index (κ2) is 8.82. The number of hydrogen-bond acceptors (Lipinski definition) is 3. The standard InChI is InChI=1S/C23H27N7/c1-17-14-18(2)30(28-17)21-9-5-4-8-19(21)15-26-23(24-3)25-12-11-20-16-29-13-7-6-10-22(29)27-20/h4-10,13-14,16H,11-12,15H2,1-3H3,(H2,24,25,26). The number of fused-ring (bicyclic) bond motifs is 1. The van der Waals surface area contributed by atoms with E-state index in [9.17, 15) is 0 Å². The number of rotatable bonds is 6. The second-order valence-electron chi connectivity index (χ2n) is 7.27. The maximum absolute atomic E-state index is 4.64. The van der Waals surface area contributed by atoms with Gasteiger partial charge in [-0.15, -0.1) is 0 Å². The molecule has 154 valence electrons. The van der Waals surface area contributed by atoms with E-state index in [2.05, 4.69) is 57.0 Å². The Hall–Kier alpha value is -3.61. The first-order valence-corrected chi connectivity index (χ1v) is 10.1. The maximum atomic E-state index is 4.64. The molecule has 4 rings (SSSR count). The van der Waals surface area contributed by atoms with Crippen LogP contribution in [-0.2, 0) is 13.0 Å². The summed E-state index contributed by atoms with van der Waals surface area (Å²) in [5.74, 6) is 0.766. The monoisotopic (exact) mass is 401 g/mol. The molecule has 7 heteroatoms. The normalized spacial score (nSPS) is 11.8. The summed E-state index contributed by atoms with van der Waals surface area (Å²) in [6.07, 6.45) is 4.91. The first kappa shape index (κ1) is 19.7. The van der Waals surface area contributed by atoms with Crippen LogP contribution in [0.15, 0.2) is 65.9 Å². The zero-order valence-electron chi connectivity index (χ0n) is 17.6. The van der Waals surface area contributed by atoms with Crippen molar-refractivity contribution in [3.63, 3.8) is 0 Å². The SMILES string of the molecule is CN=C(NCCc1cn2ccccc2n1)NCc1ccccc1-n1nc(C)cc1C. The minimum atomic E-state index is 0.655. The fraction of sp³-hybridized carbons (Fsp3) is 0.261. The predicted molar refractivity (Wildman–Crippen MR) is 120 cm³/mol. The number of imidazole rings is 1. The minimum Gasteiger partial charge on any atom is -0.356 e. The summed E-state index contributed by atoms with van der Waals surface area (Å²) in [5, 5.41) is 11.4. The van der Waals surface area contributed by atoms with E-state index in [0.717, 1.165) is 52.9 Å². The number of benzene rings is 1. The van der Waals surface area contributed by atoms with Crippen molar-refractivity contribution < 1.29 is 0 Å². The van der Waals surface area contributed by atoms with E-state index < -0.39 is 0 Å². The van der Waals surface area contributed by atoms with E-state index in [4.69, 9.17) is 0 Å². The van der Waals surface area contributed by atoms with Crippen LogP contribution in [-0.4, -0.2) is 38.7 Å². The number of para-hydroxylation sites is 1.